The molecule has 0 atom stereocenters. The van der Waals surface area contributed by atoms with Crippen LogP contribution in [-0.2, 0) is 0 Å². The van der Waals surface area contributed by atoms with Gasteiger partial charge in [0.1, 0.15) is 17.3 Å². The molecule has 1 amide bonds. The van der Waals surface area contributed by atoms with Crippen LogP contribution in [0.3, 0.4) is 0 Å². The third kappa shape index (κ3) is 3.80. The van der Waals surface area contributed by atoms with E-state index in [1.54, 1.807) is 12.3 Å². The maximum atomic E-state index is 13.7. The van der Waals surface area contributed by atoms with E-state index < -0.39 is 23.2 Å². The Balaban J connectivity index is 1.81. The number of carbonyl (C=O) groups is 1. The molecule has 2 N–H and O–H groups in total. The minimum absolute atomic E-state index is 0.182. The number of para-hydroxylation sites is 2. The van der Waals surface area contributed by atoms with Gasteiger partial charge in [0.05, 0.1) is 17.4 Å². The number of carbonyl (C=O) groups excluding carboxylic acids is 1. The Morgan fingerprint density at radius 1 is 1.00 bits per heavy atom. The topological polar surface area (TPSA) is 54.0 Å². The van der Waals surface area contributed by atoms with Crippen LogP contribution in [0, 0.1) is 18.6 Å². The molecule has 25 heavy (non-hydrogen) atoms. The van der Waals surface area contributed by atoms with Crippen molar-refractivity contribution in [2.45, 2.75) is 6.92 Å². The Labute approximate surface area is 143 Å². The lowest BCUT2D eigenvalue weighted by Gasteiger charge is -2.11. The van der Waals surface area contributed by atoms with Crippen LogP contribution in [0.15, 0.2) is 60.9 Å². The summed E-state index contributed by atoms with van der Waals surface area (Å²) in [6, 6.07) is 12.6. The minimum Gasteiger partial charge on any atom is -0.354 e. The highest BCUT2D eigenvalue weighted by molar-refractivity contribution is 6.04. The molecule has 4 nitrogen and oxygen atoms in total. The van der Waals surface area contributed by atoms with Crippen LogP contribution in [0.4, 0.5) is 25.8 Å². The molecule has 6 heteroatoms. The molecule has 3 aromatic rings. The summed E-state index contributed by atoms with van der Waals surface area (Å²) >= 11 is 0. The molecule has 126 valence electrons. The van der Waals surface area contributed by atoms with Gasteiger partial charge in [0.15, 0.2) is 0 Å². The van der Waals surface area contributed by atoms with E-state index in [0.29, 0.717) is 5.69 Å². The van der Waals surface area contributed by atoms with Gasteiger partial charge in [-0.2, -0.15) is 0 Å². The number of hydrogen-bond acceptors (Lipinski definition) is 3. The second-order valence-electron chi connectivity index (χ2n) is 5.45. The normalized spacial score (nSPS) is 10.4. The molecule has 0 radical (unpaired) electrons. The zero-order valence-corrected chi connectivity index (χ0v) is 13.4. The van der Waals surface area contributed by atoms with Crippen molar-refractivity contribution in [3.05, 3.63) is 83.7 Å². The number of pyridine rings is 1. The molecule has 2 aromatic carbocycles. The van der Waals surface area contributed by atoms with Crippen molar-refractivity contribution >= 4 is 23.0 Å². The standard InChI is InChI=1S/C19H15F2N3O/c1-12-5-2-3-8-17(12)23-14-9-13(10-22-11-14)19(25)24-18-15(20)6-4-7-16(18)21/h2-11,23H,1H3,(H,24,25). The van der Waals surface area contributed by atoms with Gasteiger partial charge in [-0.25, -0.2) is 8.78 Å². The lowest BCUT2D eigenvalue weighted by molar-refractivity contribution is 0.102. The van der Waals surface area contributed by atoms with E-state index in [-0.39, 0.29) is 5.56 Å². The molecule has 0 aliphatic carbocycles. The molecule has 0 spiro atoms. The van der Waals surface area contributed by atoms with E-state index in [2.05, 4.69) is 15.6 Å². The number of anilines is 3. The number of aromatic nitrogens is 1. The number of benzene rings is 2. The van der Waals surface area contributed by atoms with Crippen molar-refractivity contribution < 1.29 is 13.6 Å². The molecule has 1 heterocycles. The number of halogens is 2. The molecule has 0 saturated carbocycles. The first-order valence-corrected chi connectivity index (χ1v) is 7.57. The van der Waals surface area contributed by atoms with Gasteiger partial charge in [-0.3, -0.25) is 9.78 Å². The highest BCUT2D eigenvalue weighted by Crippen LogP contribution is 2.22. The Morgan fingerprint density at radius 2 is 1.72 bits per heavy atom. The smallest absolute Gasteiger partial charge is 0.257 e. The van der Waals surface area contributed by atoms with Gasteiger partial charge in [0, 0.05) is 11.9 Å². The molecule has 0 saturated heterocycles. The van der Waals surface area contributed by atoms with Crippen LogP contribution in [0.25, 0.3) is 0 Å². The minimum atomic E-state index is -0.838. The molecule has 0 unspecified atom stereocenters. The second kappa shape index (κ2) is 7.09. The summed E-state index contributed by atoms with van der Waals surface area (Å²) in [6.07, 6.45) is 2.89. The van der Waals surface area contributed by atoms with E-state index in [1.165, 1.54) is 12.3 Å². The number of hydrogen-bond donors (Lipinski definition) is 2. The Kier molecular flexibility index (Phi) is 4.70. The molecule has 0 fully saturated rings. The maximum absolute atomic E-state index is 13.7. The number of aryl methyl sites for hydroxylation is 1. The molecular formula is C19H15F2N3O. The summed E-state index contributed by atoms with van der Waals surface area (Å²) in [5.74, 6) is -2.32. The van der Waals surface area contributed by atoms with Crippen molar-refractivity contribution in [3.63, 3.8) is 0 Å². The molecule has 0 aliphatic heterocycles. The molecule has 3 rings (SSSR count). The molecule has 1 aromatic heterocycles. The van der Waals surface area contributed by atoms with Crippen molar-refractivity contribution in [2.24, 2.45) is 0 Å². The predicted octanol–water partition coefficient (Wildman–Crippen LogP) is 4.66. The van der Waals surface area contributed by atoms with Crippen LogP contribution in [-0.4, -0.2) is 10.9 Å². The summed E-state index contributed by atoms with van der Waals surface area (Å²) in [6.45, 7) is 1.95. The quantitative estimate of drug-likeness (QED) is 0.727. The van der Waals surface area contributed by atoms with Crippen molar-refractivity contribution in [2.75, 3.05) is 10.6 Å². The van der Waals surface area contributed by atoms with Crippen LogP contribution in [0.1, 0.15) is 15.9 Å². The fraction of sp³-hybridized carbons (Fsp3) is 0.0526. The average Bonchev–Trinajstić information content (AvgIpc) is 2.60. The van der Waals surface area contributed by atoms with Crippen LogP contribution in [0.2, 0.25) is 0 Å². The fourth-order valence-corrected chi connectivity index (χ4v) is 2.30. The van der Waals surface area contributed by atoms with Gasteiger partial charge in [-0.1, -0.05) is 24.3 Å². The first kappa shape index (κ1) is 16.6. The van der Waals surface area contributed by atoms with E-state index >= 15 is 0 Å². The van der Waals surface area contributed by atoms with Crippen molar-refractivity contribution in [1.29, 1.82) is 0 Å². The number of rotatable bonds is 4. The van der Waals surface area contributed by atoms with Gasteiger partial charge >= 0.3 is 0 Å². The fourth-order valence-electron chi connectivity index (χ4n) is 2.30. The monoisotopic (exact) mass is 339 g/mol. The average molecular weight is 339 g/mol. The van der Waals surface area contributed by atoms with E-state index in [0.717, 1.165) is 23.4 Å². The third-order valence-corrected chi connectivity index (χ3v) is 3.63. The Morgan fingerprint density at radius 3 is 2.44 bits per heavy atom. The number of nitrogens with one attached hydrogen (secondary N) is 2. The van der Waals surface area contributed by atoms with Gasteiger partial charge < -0.3 is 10.6 Å². The first-order valence-electron chi connectivity index (χ1n) is 7.57. The van der Waals surface area contributed by atoms with Crippen LogP contribution >= 0.6 is 0 Å². The zero-order valence-electron chi connectivity index (χ0n) is 13.4. The summed E-state index contributed by atoms with van der Waals surface area (Å²) < 4.78 is 27.3. The number of amides is 1. The highest BCUT2D eigenvalue weighted by atomic mass is 19.1. The highest BCUT2D eigenvalue weighted by Gasteiger charge is 2.14. The molecule has 0 aliphatic rings. The Bertz CT molecular complexity index is 908. The summed E-state index contributed by atoms with van der Waals surface area (Å²) in [7, 11) is 0. The van der Waals surface area contributed by atoms with E-state index in [4.69, 9.17) is 0 Å². The van der Waals surface area contributed by atoms with Crippen LogP contribution in [0.5, 0.6) is 0 Å². The van der Waals surface area contributed by atoms with Gasteiger partial charge in [0.25, 0.3) is 5.91 Å². The Hall–Kier alpha value is -3.28. The van der Waals surface area contributed by atoms with E-state index in [1.807, 2.05) is 31.2 Å². The maximum Gasteiger partial charge on any atom is 0.257 e. The van der Waals surface area contributed by atoms with Crippen molar-refractivity contribution in [3.8, 4) is 0 Å². The van der Waals surface area contributed by atoms with Crippen LogP contribution < -0.4 is 10.6 Å². The molecular weight excluding hydrogens is 324 g/mol. The SMILES string of the molecule is Cc1ccccc1Nc1cncc(C(=O)Nc2c(F)cccc2F)c1. The van der Waals surface area contributed by atoms with Crippen molar-refractivity contribution in [1.82, 2.24) is 4.98 Å². The first-order chi connectivity index (χ1) is 12.0. The van der Waals surface area contributed by atoms with Gasteiger partial charge in [0.2, 0.25) is 0 Å². The van der Waals surface area contributed by atoms with Gasteiger partial charge in [-0.05, 0) is 36.8 Å². The zero-order chi connectivity index (χ0) is 17.8. The summed E-state index contributed by atoms with van der Waals surface area (Å²) in [5.41, 5.74) is 2.20. The summed E-state index contributed by atoms with van der Waals surface area (Å²) in [5, 5.41) is 5.40. The number of nitrogens with zero attached hydrogens (tertiary/aromatic N) is 1. The van der Waals surface area contributed by atoms with Gasteiger partial charge in [-0.15, -0.1) is 0 Å². The lowest BCUT2D eigenvalue weighted by Crippen LogP contribution is -2.14. The van der Waals surface area contributed by atoms with E-state index in [9.17, 15) is 13.6 Å². The lowest BCUT2D eigenvalue weighted by atomic mass is 10.2. The molecule has 0 bridgehead atoms. The second-order valence-corrected chi connectivity index (χ2v) is 5.45. The summed E-state index contributed by atoms with van der Waals surface area (Å²) in [4.78, 5) is 16.3. The third-order valence-electron chi connectivity index (χ3n) is 3.63. The largest absolute Gasteiger partial charge is 0.354 e. The predicted molar refractivity (Wildman–Crippen MR) is 93.0 cm³/mol.